The van der Waals surface area contributed by atoms with E-state index in [1.165, 1.54) is 0 Å². The summed E-state index contributed by atoms with van der Waals surface area (Å²) in [6, 6.07) is 22.7. The van der Waals surface area contributed by atoms with Crippen LogP contribution in [0.3, 0.4) is 0 Å². The number of nitrogens with zero attached hydrogens (tertiary/aromatic N) is 4. The van der Waals surface area contributed by atoms with Crippen LogP contribution >= 0.6 is 0 Å². The molecule has 4 aromatic rings. The molecule has 13 nitrogen and oxygen atoms in total. The first-order valence-electron chi connectivity index (χ1n) is 21.5. The van der Waals surface area contributed by atoms with Crippen molar-refractivity contribution in [1.82, 2.24) is 25.6 Å². The lowest BCUT2D eigenvalue weighted by Crippen LogP contribution is -2.45. The first kappa shape index (κ1) is 41.9. The molecule has 0 aliphatic carbocycles. The molecule has 60 heavy (non-hydrogen) atoms. The molecule has 15 heteroatoms. The van der Waals surface area contributed by atoms with E-state index in [0.717, 1.165) is 49.9 Å². The van der Waals surface area contributed by atoms with Crippen LogP contribution in [0.4, 0.5) is 21.2 Å². The molecule has 318 valence electrons. The molecule has 3 saturated heterocycles. The molecule has 5 heterocycles. The van der Waals surface area contributed by atoms with Crippen LogP contribution in [0.25, 0.3) is 0 Å². The molecule has 1 aromatic heterocycles. The number of aromatic nitrogens is 3. The Morgan fingerprint density at radius 1 is 0.967 bits per heavy atom. The minimum Gasteiger partial charge on any atom is -0.395 e. The van der Waals surface area contributed by atoms with Gasteiger partial charge in [0.05, 0.1) is 48.4 Å². The maximum absolute atomic E-state index is 16.8. The summed E-state index contributed by atoms with van der Waals surface area (Å²) < 4.78 is 25.5. The Hall–Kier alpha value is -4.80. The maximum Gasteiger partial charge on any atom is 0.264 e. The molecule has 7 atom stereocenters. The number of hydrogen-bond acceptors (Lipinski definition) is 9. The van der Waals surface area contributed by atoms with E-state index in [1.54, 1.807) is 22.7 Å². The molecule has 4 aliphatic rings. The number of nitrogens with one attached hydrogen (secondary N) is 4. The number of fused-ring (bicyclic) bond motifs is 2. The van der Waals surface area contributed by atoms with Crippen molar-refractivity contribution in [1.29, 1.82) is 0 Å². The summed E-state index contributed by atoms with van der Waals surface area (Å²) in [4.78, 5) is 43.6. The summed E-state index contributed by atoms with van der Waals surface area (Å²) >= 11 is 0. The predicted octanol–water partition coefficient (Wildman–Crippen LogP) is 5.69. The summed E-state index contributed by atoms with van der Waals surface area (Å²) in [5.41, 5.74) is 2.75. The van der Waals surface area contributed by atoms with Gasteiger partial charge in [-0.3, -0.25) is 19.1 Å². The van der Waals surface area contributed by atoms with Gasteiger partial charge in [0, 0.05) is 54.2 Å². The summed E-state index contributed by atoms with van der Waals surface area (Å²) in [5, 5.41) is 31.8. The van der Waals surface area contributed by atoms with Gasteiger partial charge >= 0.3 is 0 Å². The van der Waals surface area contributed by atoms with Crippen molar-refractivity contribution in [2.24, 2.45) is 17.8 Å². The minimum atomic E-state index is -3.49. The zero-order valence-electron chi connectivity index (χ0n) is 34.7. The zero-order valence-corrected chi connectivity index (χ0v) is 35.7. The van der Waals surface area contributed by atoms with E-state index in [0.29, 0.717) is 54.4 Å². The van der Waals surface area contributed by atoms with Gasteiger partial charge in [-0.25, -0.2) is 0 Å². The quantitative estimate of drug-likeness (QED) is 0.0842. The van der Waals surface area contributed by atoms with Crippen LogP contribution in [0.2, 0.25) is 18.6 Å². The Morgan fingerprint density at radius 3 is 2.28 bits per heavy atom. The standard InChI is InChI=1S/C45H57FN8O5Si/c1-29-41(60(2,3)46)40(18-21-53-27-38(51-52-53)36(28-55)31-11-5-4-6-12-31)59-45(29)37-23-35(50-43(57)33-14-9-20-48-25-33)16-17-39(37)54(44(45)58)26-30-10-7-15-34(22-30)49-42(56)32-13-8-19-47-24-32/h4-7,10-12,15-17,22-23,27,29,32-33,36,40-41,47-48,55H,8-9,13-14,18-21,24-26,28H2,1-3H3,(H,49,56)(H,50,57)/t29-,32?,33?,36?,40+,41-,45+/m1/s1. The molecule has 3 fully saturated rings. The number of anilines is 3. The predicted molar refractivity (Wildman–Crippen MR) is 231 cm³/mol. The number of aryl methyl sites for hydroxylation is 1. The fraction of sp³-hybridized carbons (Fsp3) is 0.489. The second-order valence-corrected chi connectivity index (χ2v) is 21.3. The molecule has 4 aliphatic heterocycles. The zero-order chi connectivity index (χ0) is 42.0. The number of ether oxygens (including phenoxy) is 1. The van der Waals surface area contributed by atoms with Gasteiger partial charge in [-0.15, -0.1) is 5.10 Å². The average Bonchev–Trinajstić information content (AvgIpc) is 3.91. The van der Waals surface area contributed by atoms with Crippen molar-refractivity contribution in [2.75, 3.05) is 48.3 Å². The first-order chi connectivity index (χ1) is 29.0. The molecular formula is C45H57FN8O5Si. The summed E-state index contributed by atoms with van der Waals surface area (Å²) in [6.45, 7) is 8.75. The van der Waals surface area contributed by atoms with E-state index in [1.807, 2.05) is 85.9 Å². The van der Waals surface area contributed by atoms with E-state index < -0.39 is 31.6 Å². The highest BCUT2D eigenvalue weighted by molar-refractivity contribution is 6.72. The lowest BCUT2D eigenvalue weighted by atomic mass is 9.82. The number of piperidine rings is 2. The Bertz CT molecular complexity index is 2170. The number of benzene rings is 3. The third-order valence-corrected chi connectivity index (χ3v) is 15.5. The number of aliphatic hydroxyl groups excluding tert-OH is 1. The van der Waals surface area contributed by atoms with Gasteiger partial charge in [-0.1, -0.05) is 54.6 Å². The Labute approximate surface area is 352 Å². The number of amides is 3. The van der Waals surface area contributed by atoms with Crippen molar-refractivity contribution in [2.45, 2.75) is 88.4 Å². The smallest absolute Gasteiger partial charge is 0.264 e. The van der Waals surface area contributed by atoms with Crippen LogP contribution in [0.15, 0.2) is 79.0 Å². The highest BCUT2D eigenvalue weighted by Gasteiger charge is 2.66. The first-order valence-corrected chi connectivity index (χ1v) is 24.4. The Balaban J connectivity index is 1.09. The fourth-order valence-electron chi connectivity index (χ4n) is 10.0. The molecule has 3 amide bonds. The number of hydrogen-bond donors (Lipinski definition) is 5. The number of carbonyl (C=O) groups excluding carboxylic acids is 3. The van der Waals surface area contributed by atoms with E-state index in [9.17, 15) is 14.7 Å². The van der Waals surface area contributed by atoms with E-state index in [2.05, 4.69) is 31.6 Å². The Morgan fingerprint density at radius 2 is 1.65 bits per heavy atom. The lowest BCUT2D eigenvalue weighted by molar-refractivity contribution is -0.146. The van der Waals surface area contributed by atoms with E-state index in [-0.39, 0.29) is 48.6 Å². The van der Waals surface area contributed by atoms with Crippen molar-refractivity contribution in [3.8, 4) is 0 Å². The molecule has 0 radical (unpaired) electrons. The van der Waals surface area contributed by atoms with E-state index >= 15 is 8.90 Å². The lowest BCUT2D eigenvalue weighted by Gasteiger charge is -2.31. The molecule has 0 bridgehead atoms. The number of carbonyl (C=O) groups is 3. The molecule has 0 saturated carbocycles. The van der Waals surface area contributed by atoms with Gasteiger partial charge in [-0.2, -0.15) is 0 Å². The van der Waals surface area contributed by atoms with Crippen molar-refractivity contribution >= 4 is 43.2 Å². The monoisotopic (exact) mass is 836 g/mol. The third-order valence-electron chi connectivity index (χ3n) is 13.0. The average molecular weight is 837 g/mol. The minimum absolute atomic E-state index is 0.0331. The van der Waals surface area contributed by atoms with Gasteiger partial charge in [-0.05, 0) is 99.7 Å². The van der Waals surface area contributed by atoms with Crippen molar-refractivity contribution in [3.05, 3.63) is 101 Å². The van der Waals surface area contributed by atoms with Crippen LogP contribution in [0.1, 0.15) is 67.3 Å². The SMILES string of the molecule is C[C@@H]1[C@@H]([Si](C)(C)F)[C@H](CCn2cc(C(CO)c3ccccc3)nn2)O[C@@]12C(=O)N(Cc1cccc(NC(=O)C3CCCNC3)c1)c1ccc(NC(=O)C3CCCNC3)cc12. The van der Waals surface area contributed by atoms with Crippen LogP contribution in [-0.4, -0.2) is 85.1 Å². The van der Waals surface area contributed by atoms with E-state index in [4.69, 9.17) is 4.74 Å². The number of rotatable bonds is 13. The highest BCUT2D eigenvalue weighted by Crippen LogP contribution is 2.60. The summed E-state index contributed by atoms with van der Waals surface area (Å²) in [7, 11) is -3.49. The van der Waals surface area contributed by atoms with Gasteiger partial charge in [0.15, 0.2) is 5.60 Å². The van der Waals surface area contributed by atoms with Crippen LogP contribution in [0, 0.1) is 17.8 Å². The van der Waals surface area contributed by atoms with Crippen LogP contribution in [-0.2, 0) is 37.8 Å². The van der Waals surface area contributed by atoms with Crippen molar-refractivity contribution < 1.29 is 28.3 Å². The number of aliphatic hydroxyl groups is 1. The molecular weight excluding hydrogens is 780 g/mol. The molecule has 1 spiro atoms. The molecule has 5 N–H and O–H groups in total. The molecule has 3 unspecified atom stereocenters. The van der Waals surface area contributed by atoms with Crippen molar-refractivity contribution in [3.63, 3.8) is 0 Å². The third kappa shape index (κ3) is 8.42. The van der Waals surface area contributed by atoms with Gasteiger partial charge in [0.25, 0.3) is 5.91 Å². The second kappa shape index (κ2) is 17.7. The summed E-state index contributed by atoms with van der Waals surface area (Å²) in [6.07, 6.45) is 5.05. The molecule has 3 aromatic carbocycles. The Kier molecular flexibility index (Phi) is 12.3. The second-order valence-electron chi connectivity index (χ2n) is 17.5. The van der Waals surface area contributed by atoms with Gasteiger partial charge in [0.1, 0.15) is 0 Å². The van der Waals surface area contributed by atoms with Gasteiger partial charge < -0.3 is 40.1 Å². The number of halogens is 1. The largest absolute Gasteiger partial charge is 0.395 e. The fourth-order valence-corrected chi connectivity index (χ4v) is 12.6. The topological polar surface area (TPSA) is 163 Å². The highest BCUT2D eigenvalue weighted by atomic mass is 28.4. The van der Waals surface area contributed by atoms with Crippen LogP contribution < -0.4 is 26.2 Å². The maximum atomic E-state index is 16.8. The normalized spacial score (nSPS) is 25.9. The van der Waals surface area contributed by atoms with Gasteiger partial charge in [0.2, 0.25) is 20.2 Å². The van der Waals surface area contributed by atoms with Crippen LogP contribution in [0.5, 0.6) is 0 Å². The summed E-state index contributed by atoms with van der Waals surface area (Å²) in [5.74, 6) is -1.57. The molecule has 8 rings (SSSR count).